The highest BCUT2D eigenvalue weighted by atomic mass is 79.9. The van der Waals surface area contributed by atoms with Crippen molar-refractivity contribution < 1.29 is 14.4 Å². The van der Waals surface area contributed by atoms with Gasteiger partial charge in [0.05, 0.1) is 17.9 Å². The van der Waals surface area contributed by atoms with E-state index in [1.165, 1.54) is 0 Å². The van der Waals surface area contributed by atoms with E-state index >= 15 is 0 Å². The van der Waals surface area contributed by atoms with E-state index in [4.69, 9.17) is 0 Å². The number of nitrogens with zero attached hydrogens (tertiary/aromatic N) is 1. The summed E-state index contributed by atoms with van der Waals surface area (Å²) in [6.45, 7) is 0. The first kappa shape index (κ1) is 16.4. The van der Waals surface area contributed by atoms with E-state index in [0.717, 1.165) is 15.6 Å². The van der Waals surface area contributed by atoms with Gasteiger partial charge in [0.2, 0.25) is 11.8 Å². The van der Waals surface area contributed by atoms with Crippen molar-refractivity contribution in [1.82, 2.24) is 10.2 Å². The molecule has 0 spiro atoms. The molecule has 0 saturated carbocycles. The number of benzene rings is 2. The number of nitrogens with one attached hydrogen (secondary N) is 1. The van der Waals surface area contributed by atoms with Gasteiger partial charge in [-0.2, -0.15) is 0 Å². The van der Waals surface area contributed by atoms with Gasteiger partial charge >= 0.3 is 0 Å². The summed E-state index contributed by atoms with van der Waals surface area (Å²) in [5.41, 5.74) is 2.52. The fraction of sp³-hybridized carbons (Fsp3) is 0.190. The van der Waals surface area contributed by atoms with E-state index in [1.54, 1.807) is 24.3 Å². The molecular weight excluding hydrogens is 408 g/mol. The van der Waals surface area contributed by atoms with Gasteiger partial charge in [0.15, 0.2) is 5.78 Å². The quantitative estimate of drug-likeness (QED) is 0.596. The van der Waals surface area contributed by atoms with Crippen LogP contribution in [0.25, 0.3) is 6.08 Å². The zero-order valence-corrected chi connectivity index (χ0v) is 15.7. The number of amides is 2. The zero-order valence-electron chi connectivity index (χ0n) is 14.1. The fourth-order valence-corrected chi connectivity index (χ4v) is 4.82. The van der Waals surface area contributed by atoms with Gasteiger partial charge in [-0.1, -0.05) is 52.3 Å². The van der Waals surface area contributed by atoms with E-state index in [1.807, 2.05) is 41.4 Å². The van der Waals surface area contributed by atoms with Gasteiger partial charge < -0.3 is 4.90 Å². The average Bonchev–Trinajstić information content (AvgIpc) is 3.17. The predicted molar refractivity (Wildman–Crippen MR) is 102 cm³/mol. The Hall–Kier alpha value is -2.73. The van der Waals surface area contributed by atoms with Crippen molar-refractivity contribution in [3.63, 3.8) is 0 Å². The number of carbonyl (C=O) groups excluding carboxylic acids is 3. The highest BCUT2D eigenvalue weighted by Crippen LogP contribution is 2.51. The molecule has 2 aromatic carbocycles. The van der Waals surface area contributed by atoms with Gasteiger partial charge in [-0.25, -0.2) is 0 Å². The summed E-state index contributed by atoms with van der Waals surface area (Å²) in [5.74, 6) is -2.05. The number of halogens is 1. The van der Waals surface area contributed by atoms with Crippen LogP contribution in [0, 0.1) is 11.8 Å². The van der Waals surface area contributed by atoms with Crippen LogP contribution < -0.4 is 5.32 Å². The Morgan fingerprint density at radius 1 is 0.963 bits per heavy atom. The van der Waals surface area contributed by atoms with Gasteiger partial charge in [-0.05, 0) is 29.3 Å². The van der Waals surface area contributed by atoms with Crippen LogP contribution in [-0.4, -0.2) is 28.5 Å². The van der Waals surface area contributed by atoms with Crippen LogP contribution in [0.2, 0.25) is 0 Å². The molecule has 3 aliphatic rings. The minimum atomic E-state index is -0.697. The number of rotatable bonds is 2. The molecule has 27 heavy (non-hydrogen) atoms. The highest BCUT2D eigenvalue weighted by Gasteiger charge is 2.61. The van der Waals surface area contributed by atoms with E-state index in [0.29, 0.717) is 5.56 Å². The first-order valence-corrected chi connectivity index (χ1v) is 9.54. The Morgan fingerprint density at radius 2 is 1.67 bits per heavy atom. The van der Waals surface area contributed by atoms with Crippen LogP contribution in [0.1, 0.15) is 27.5 Å². The number of Topliss-reactive ketones (excluding diaryl/α,β-unsaturated/α-hetero) is 1. The van der Waals surface area contributed by atoms with Crippen LogP contribution in [0.3, 0.4) is 0 Å². The van der Waals surface area contributed by atoms with Crippen molar-refractivity contribution in [2.24, 2.45) is 11.8 Å². The number of hydrogen-bond acceptors (Lipinski definition) is 4. The summed E-state index contributed by atoms with van der Waals surface area (Å²) in [7, 11) is 0. The lowest BCUT2D eigenvalue weighted by Crippen LogP contribution is -2.42. The summed E-state index contributed by atoms with van der Waals surface area (Å²) < 4.78 is 0.877. The maximum absolute atomic E-state index is 13.3. The molecule has 2 aromatic rings. The number of carbonyl (C=O) groups is 3. The van der Waals surface area contributed by atoms with Crippen molar-refractivity contribution >= 4 is 39.6 Å². The van der Waals surface area contributed by atoms with Crippen LogP contribution in [-0.2, 0) is 9.59 Å². The SMILES string of the molecule is O=C1NC(=O)[C@H]2[C@@H]1[C@H](C(=O)c1ccc(Br)cc1)N1C=Cc3ccccc3[C@H]21. The van der Waals surface area contributed by atoms with Crippen molar-refractivity contribution in [2.75, 3.05) is 0 Å². The smallest absolute Gasteiger partial charge is 0.233 e. The fourth-order valence-electron chi connectivity index (χ4n) is 4.56. The first-order chi connectivity index (χ1) is 13.1. The van der Waals surface area contributed by atoms with Crippen molar-refractivity contribution in [2.45, 2.75) is 12.1 Å². The number of fused-ring (bicyclic) bond motifs is 5. The minimum Gasteiger partial charge on any atom is -0.358 e. The van der Waals surface area contributed by atoms with Gasteiger partial charge in [-0.3, -0.25) is 19.7 Å². The Kier molecular flexibility index (Phi) is 3.59. The topological polar surface area (TPSA) is 66.5 Å². The number of hydrogen-bond donors (Lipinski definition) is 1. The monoisotopic (exact) mass is 422 g/mol. The highest BCUT2D eigenvalue weighted by molar-refractivity contribution is 9.10. The lowest BCUT2D eigenvalue weighted by atomic mass is 9.83. The van der Waals surface area contributed by atoms with Crippen LogP contribution in [0.5, 0.6) is 0 Å². The second kappa shape index (κ2) is 5.89. The molecule has 3 heterocycles. The molecule has 0 unspecified atom stereocenters. The number of imide groups is 1. The molecule has 1 N–H and O–H groups in total. The van der Waals surface area contributed by atoms with Gasteiger partial charge in [0, 0.05) is 16.2 Å². The third-order valence-electron chi connectivity index (χ3n) is 5.70. The lowest BCUT2D eigenvalue weighted by molar-refractivity contribution is -0.127. The van der Waals surface area contributed by atoms with Crippen LogP contribution in [0.4, 0.5) is 0 Å². The molecule has 2 fully saturated rings. The summed E-state index contributed by atoms with van der Waals surface area (Å²) >= 11 is 3.37. The molecule has 5 rings (SSSR count). The Morgan fingerprint density at radius 3 is 2.44 bits per heavy atom. The first-order valence-electron chi connectivity index (χ1n) is 8.75. The third-order valence-corrected chi connectivity index (χ3v) is 6.23. The molecular formula is C21H15BrN2O3. The van der Waals surface area contributed by atoms with E-state index in [9.17, 15) is 14.4 Å². The molecule has 2 amide bonds. The second-order valence-electron chi connectivity index (χ2n) is 7.06. The molecule has 0 aromatic heterocycles. The van der Waals surface area contributed by atoms with E-state index in [-0.39, 0.29) is 23.6 Å². The zero-order chi connectivity index (χ0) is 18.7. The molecule has 0 aliphatic carbocycles. The Bertz CT molecular complexity index is 1010. The van der Waals surface area contributed by atoms with Crippen LogP contribution >= 0.6 is 15.9 Å². The molecule has 2 saturated heterocycles. The van der Waals surface area contributed by atoms with Crippen molar-refractivity contribution in [3.8, 4) is 0 Å². The predicted octanol–water partition coefficient (Wildman–Crippen LogP) is 2.93. The average molecular weight is 423 g/mol. The molecule has 5 nitrogen and oxygen atoms in total. The minimum absolute atomic E-state index is 0.145. The summed E-state index contributed by atoms with van der Waals surface area (Å²) in [5, 5.41) is 2.44. The number of ketones is 1. The molecule has 0 bridgehead atoms. The van der Waals surface area contributed by atoms with Gasteiger partial charge in [0.25, 0.3) is 0 Å². The summed E-state index contributed by atoms with van der Waals surface area (Å²) in [6, 6.07) is 13.9. The maximum Gasteiger partial charge on any atom is 0.233 e. The maximum atomic E-state index is 13.3. The van der Waals surface area contributed by atoms with Crippen molar-refractivity contribution in [1.29, 1.82) is 0 Å². The molecule has 134 valence electrons. The second-order valence-corrected chi connectivity index (χ2v) is 7.97. The Labute approximate surface area is 164 Å². The standard InChI is InChI=1S/C21H15BrN2O3/c22-13-7-5-12(6-8-13)19(25)18-16-15(20(26)23-21(16)27)17-14-4-2-1-3-11(14)9-10-24(17)18/h1-10,15-18H,(H,23,26,27)/t15-,16+,17+,18+/m0/s1. The summed E-state index contributed by atoms with van der Waals surface area (Å²) in [4.78, 5) is 40.4. The van der Waals surface area contributed by atoms with Crippen molar-refractivity contribution in [3.05, 3.63) is 75.9 Å². The lowest BCUT2D eigenvalue weighted by Gasteiger charge is -2.34. The van der Waals surface area contributed by atoms with E-state index in [2.05, 4.69) is 21.2 Å². The molecule has 0 radical (unpaired) electrons. The molecule has 4 atom stereocenters. The molecule has 6 heteroatoms. The van der Waals surface area contributed by atoms with Gasteiger partial charge in [-0.15, -0.1) is 0 Å². The summed E-state index contributed by atoms with van der Waals surface area (Å²) in [6.07, 6.45) is 3.80. The largest absolute Gasteiger partial charge is 0.358 e. The third kappa shape index (κ3) is 2.33. The Balaban J connectivity index is 1.64. The molecule has 3 aliphatic heterocycles. The van der Waals surface area contributed by atoms with Crippen LogP contribution in [0.15, 0.2) is 59.2 Å². The normalized spacial score (nSPS) is 27.8. The van der Waals surface area contributed by atoms with Gasteiger partial charge in [0.1, 0.15) is 6.04 Å². The van der Waals surface area contributed by atoms with E-state index < -0.39 is 17.9 Å².